The Labute approximate surface area is 194 Å². The molecule has 0 fully saturated rings. The fourth-order valence-electron chi connectivity index (χ4n) is 4.32. The molecule has 1 aliphatic heterocycles. The second-order valence-corrected chi connectivity index (χ2v) is 8.14. The van der Waals surface area contributed by atoms with Crippen molar-refractivity contribution in [1.82, 2.24) is 19.7 Å². The lowest BCUT2D eigenvalue weighted by molar-refractivity contribution is -0.138. The van der Waals surface area contributed by atoms with E-state index >= 15 is 4.39 Å². The van der Waals surface area contributed by atoms with Gasteiger partial charge in [0.1, 0.15) is 5.82 Å². The molecule has 11 heteroatoms. The quantitative estimate of drug-likeness (QED) is 0.345. The number of pyridine rings is 1. The van der Waals surface area contributed by atoms with E-state index in [0.29, 0.717) is 16.5 Å². The summed E-state index contributed by atoms with van der Waals surface area (Å²) in [7, 11) is 13.8. The number of aryl methyl sites for hydroxylation is 1. The zero-order chi connectivity index (χ0) is 24.4. The van der Waals surface area contributed by atoms with Gasteiger partial charge in [0.05, 0.1) is 38.0 Å². The van der Waals surface area contributed by atoms with Crippen molar-refractivity contribution < 1.29 is 22.4 Å². The Kier molecular flexibility index (Phi) is 4.86. The standard InChI is InChI=1S/C23H14B2F4N4O/c1-32-10-15-13(4-2-6-19(15)31-32)12-8-17(23(27,28)29)16(18(26)9-12)11-33-21(34)14-5-3-7-30-20(14)22(33,24)25/h2-10H,11H2,1H3. The maximum Gasteiger partial charge on any atom is 0.416 e. The fourth-order valence-corrected chi connectivity index (χ4v) is 4.32. The maximum absolute atomic E-state index is 15.3. The van der Waals surface area contributed by atoms with Crippen LogP contribution in [0.15, 0.2) is 54.9 Å². The van der Waals surface area contributed by atoms with Crippen molar-refractivity contribution in [2.45, 2.75) is 18.1 Å². The van der Waals surface area contributed by atoms with Gasteiger partial charge >= 0.3 is 6.18 Å². The van der Waals surface area contributed by atoms with Gasteiger partial charge in [0.25, 0.3) is 5.91 Å². The van der Waals surface area contributed by atoms with E-state index < -0.39 is 40.9 Å². The first-order chi connectivity index (χ1) is 16.0. The molecule has 166 valence electrons. The van der Waals surface area contributed by atoms with E-state index in [4.69, 9.17) is 15.7 Å². The summed E-state index contributed by atoms with van der Waals surface area (Å²) in [5, 5.41) is 2.82. The summed E-state index contributed by atoms with van der Waals surface area (Å²) in [6.07, 6.45) is -1.90. The largest absolute Gasteiger partial charge is 0.416 e. The minimum atomic E-state index is -4.91. The molecule has 5 rings (SSSR count). The Morgan fingerprint density at radius 3 is 2.53 bits per heavy atom. The zero-order valence-corrected chi connectivity index (χ0v) is 17.8. The van der Waals surface area contributed by atoms with E-state index in [-0.39, 0.29) is 16.8 Å². The molecule has 0 saturated carbocycles. The van der Waals surface area contributed by atoms with E-state index in [1.807, 2.05) is 0 Å². The molecule has 0 spiro atoms. The van der Waals surface area contributed by atoms with Crippen LogP contribution in [-0.4, -0.2) is 41.3 Å². The average molecular weight is 460 g/mol. The highest BCUT2D eigenvalue weighted by Crippen LogP contribution is 2.41. The predicted molar refractivity (Wildman–Crippen MR) is 118 cm³/mol. The Hall–Kier alpha value is -3.62. The highest BCUT2D eigenvalue weighted by atomic mass is 19.4. The summed E-state index contributed by atoms with van der Waals surface area (Å²) in [6.45, 7) is -0.791. The molecule has 0 N–H and O–H groups in total. The van der Waals surface area contributed by atoms with Crippen LogP contribution in [0, 0.1) is 5.82 Å². The highest BCUT2D eigenvalue weighted by Gasteiger charge is 2.45. The van der Waals surface area contributed by atoms with Crippen molar-refractivity contribution in [1.29, 1.82) is 0 Å². The van der Waals surface area contributed by atoms with Crippen LogP contribution in [0.3, 0.4) is 0 Å². The van der Waals surface area contributed by atoms with Crippen LogP contribution in [0.25, 0.3) is 22.0 Å². The molecule has 4 aromatic rings. The summed E-state index contributed by atoms with van der Waals surface area (Å²) in [6, 6.07) is 9.70. The lowest BCUT2D eigenvalue weighted by Gasteiger charge is -2.34. The first-order valence-electron chi connectivity index (χ1n) is 10.2. The van der Waals surface area contributed by atoms with Gasteiger partial charge in [-0.15, -0.1) is 0 Å². The monoisotopic (exact) mass is 460 g/mol. The molecule has 0 saturated heterocycles. The molecular weight excluding hydrogens is 446 g/mol. The molecule has 1 amide bonds. The number of amides is 1. The summed E-state index contributed by atoms with van der Waals surface area (Å²) >= 11 is 0. The molecule has 4 radical (unpaired) electrons. The van der Waals surface area contributed by atoms with E-state index in [0.717, 1.165) is 17.0 Å². The SMILES string of the molecule is [B]C1([B])c2ncccc2C(=O)N1Cc1c(F)cc(-c2cccc3nn(C)cc23)cc1C(F)(F)F. The van der Waals surface area contributed by atoms with Crippen LogP contribution in [0.5, 0.6) is 0 Å². The topological polar surface area (TPSA) is 51.0 Å². The van der Waals surface area contributed by atoms with E-state index in [9.17, 15) is 18.0 Å². The molecule has 1 aliphatic rings. The molecular formula is C23H14B2F4N4O. The minimum Gasteiger partial charge on any atom is -0.340 e. The van der Waals surface area contributed by atoms with E-state index in [2.05, 4.69) is 10.1 Å². The Morgan fingerprint density at radius 1 is 1.09 bits per heavy atom. The number of fused-ring (bicyclic) bond motifs is 2. The number of carbonyl (C=O) groups is 1. The minimum absolute atomic E-state index is 0.00819. The fraction of sp³-hybridized carbons (Fsp3) is 0.174. The molecule has 0 atom stereocenters. The number of carbonyl (C=O) groups excluding carboxylic acids is 1. The third-order valence-corrected chi connectivity index (χ3v) is 5.90. The molecule has 0 aliphatic carbocycles. The van der Waals surface area contributed by atoms with Gasteiger partial charge in [0, 0.05) is 42.3 Å². The number of benzene rings is 2. The van der Waals surface area contributed by atoms with Gasteiger partial charge in [-0.1, -0.05) is 12.1 Å². The van der Waals surface area contributed by atoms with Crippen LogP contribution in [-0.2, 0) is 25.1 Å². The number of nitrogens with zero attached hydrogens (tertiary/aromatic N) is 4. The van der Waals surface area contributed by atoms with Crippen molar-refractivity contribution in [3.63, 3.8) is 0 Å². The normalized spacial score (nSPS) is 15.2. The van der Waals surface area contributed by atoms with Crippen LogP contribution < -0.4 is 0 Å². The van der Waals surface area contributed by atoms with Gasteiger partial charge in [0.15, 0.2) is 0 Å². The van der Waals surface area contributed by atoms with Crippen LogP contribution in [0.1, 0.15) is 27.2 Å². The molecule has 0 unspecified atom stereocenters. The molecule has 5 nitrogen and oxygen atoms in total. The second kappa shape index (κ2) is 7.44. The number of aromatic nitrogens is 3. The van der Waals surface area contributed by atoms with E-state index in [1.165, 1.54) is 23.0 Å². The predicted octanol–water partition coefficient (Wildman–Crippen LogP) is 3.90. The Morgan fingerprint density at radius 2 is 1.82 bits per heavy atom. The summed E-state index contributed by atoms with van der Waals surface area (Å²) in [4.78, 5) is 17.6. The van der Waals surface area contributed by atoms with Gasteiger partial charge < -0.3 is 4.90 Å². The van der Waals surface area contributed by atoms with Gasteiger partial charge in [-0.2, -0.15) is 18.3 Å². The lowest BCUT2D eigenvalue weighted by Crippen LogP contribution is -2.45. The van der Waals surface area contributed by atoms with Crippen LogP contribution >= 0.6 is 0 Å². The number of hydrogen-bond donors (Lipinski definition) is 0. The van der Waals surface area contributed by atoms with Crippen LogP contribution in [0.4, 0.5) is 17.6 Å². The summed E-state index contributed by atoms with van der Waals surface area (Å²) in [5.74, 6) is -1.87. The van der Waals surface area contributed by atoms with Gasteiger partial charge in [-0.25, -0.2) is 4.39 Å². The maximum atomic E-state index is 15.3. The van der Waals surface area contributed by atoms with Gasteiger partial charge in [-0.3, -0.25) is 14.5 Å². The number of alkyl halides is 3. The van der Waals surface area contributed by atoms with Crippen molar-refractivity contribution in [2.75, 3.05) is 0 Å². The third-order valence-electron chi connectivity index (χ3n) is 5.90. The third kappa shape index (κ3) is 3.38. The first kappa shape index (κ1) is 22.2. The van der Waals surface area contributed by atoms with Crippen molar-refractivity contribution >= 4 is 32.5 Å². The lowest BCUT2D eigenvalue weighted by atomic mass is 9.59. The number of hydrogen-bond acceptors (Lipinski definition) is 3. The highest BCUT2D eigenvalue weighted by molar-refractivity contribution is 6.42. The molecule has 34 heavy (non-hydrogen) atoms. The van der Waals surface area contributed by atoms with Crippen molar-refractivity contribution in [3.05, 3.63) is 83.1 Å². The van der Waals surface area contributed by atoms with E-state index in [1.54, 1.807) is 31.4 Å². The summed E-state index contributed by atoms with van der Waals surface area (Å²) in [5.41, 5.74) is -0.928. The Bertz CT molecular complexity index is 1470. The van der Waals surface area contributed by atoms with Gasteiger partial charge in [0.2, 0.25) is 0 Å². The van der Waals surface area contributed by atoms with Crippen molar-refractivity contribution in [2.24, 2.45) is 7.05 Å². The van der Waals surface area contributed by atoms with Gasteiger partial charge in [-0.05, 0) is 41.5 Å². The zero-order valence-electron chi connectivity index (χ0n) is 17.8. The molecule has 2 aromatic carbocycles. The molecule has 3 heterocycles. The Balaban J connectivity index is 1.64. The second-order valence-electron chi connectivity index (χ2n) is 8.14. The number of rotatable bonds is 3. The average Bonchev–Trinajstić information content (AvgIpc) is 3.24. The number of halogens is 4. The van der Waals surface area contributed by atoms with Crippen molar-refractivity contribution in [3.8, 4) is 11.1 Å². The molecule has 0 bridgehead atoms. The van der Waals surface area contributed by atoms with Crippen LogP contribution in [0.2, 0.25) is 0 Å². The molecule has 2 aromatic heterocycles. The summed E-state index contributed by atoms with van der Waals surface area (Å²) < 4.78 is 59.2. The first-order valence-corrected chi connectivity index (χ1v) is 10.2. The smallest absolute Gasteiger partial charge is 0.340 e.